The molecule has 0 radical (unpaired) electrons. The second-order valence-electron chi connectivity index (χ2n) is 7.52. The van der Waals surface area contributed by atoms with E-state index in [4.69, 9.17) is 4.74 Å². The smallest absolute Gasteiger partial charge is 0.293 e. The normalized spacial score (nSPS) is 15.8. The summed E-state index contributed by atoms with van der Waals surface area (Å²) in [7, 11) is 0. The van der Waals surface area contributed by atoms with Crippen molar-refractivity contribution in [2.75, 3.05) is 38.2 Å². The molecule has 0 aliphatic carbocycles. The number of carbonyl (C=O) groups excluding carboxylic acids is 1. The van der Waals surface area contributed by atoms with Gasteiger partial charge >= 0.3 is 0 Å². The quantitative estimate of drug-likeness (QED) is 0.416. The van der Waals surface area contributed by atoms with Crippen molar-refractivity contribution in [1.82, 2.24) is 4.90 Å². The molecule has 2 aromatic carbocycles. The van der Waals surface area contributed by atoms with E-state index in [2.05, 4.69) is 24.1 Å². The van der Waals surface area contributed by atoms with E-state index in [1.54, 1.807) is 36.4 Å². The van der Waals surface area contributed by atoms with E-state index >= 15 is 0 Å². The molecule has 1 aliphatic rings. The highest BCUT2D eigenvalue weighted by molar-refractivity contribution is 6.09. The highest BCUT2D eigenvalue weighted by Gasteiger charge is 2.25. The van der Waals surface area contributed by atoms with Crippen LogP contribution in [0.2, 0.25) is 0 Å². The van der Waals surface area contributed by atoms with E-state index in [1.807, 2.05) is 6.07 Å². The van der Waals surface area contributed by atoms with Gasteiger partial charge in [-0.25, -0.2) is 0 Å². The summed E-state index contributed by atoms with van der Waals surface area (Å²) in [5, 5.41) is 14.9. The van der Waals surface area contributed by atoms with Crippen LogP contribution in [0.25, 0.3) is 0 Å². The van der Waals surface area contributed by atoms with Gasteiger partial charge in [0.05, 0.1) is 18.1 Å². The molecule has 3 rings (SSSR count). The first-order chi connectivity index (χ1) is 14.0. The van der Waals surface area contributed by atoms with Crippen molar-refractivity contribution in [3.63, 3.8) is 0 Å². The number of rotatable bonds is 8. The van der Waals surface area contributed by atoms with Gasteiger partial charge in [0.25, 0.3) is 5.69 Å². The molecule has 29 heavy (non-hydrogen) atoms. The minimum absolute atomic E-state index is 0.0868. The highest BCUT2D eigenvalue weighted by Crippen LogP contribution is 2.27. The minimum atomic E-state index is -0.441. The van der Waals surface area contributed by atoms with Crippen LogP contribution in [0.3, 0.4) is 0 Å². The Morgan fingerprint density at radius 1 is 1.14 bits per heavy atom. The largest absolute Gasteiger partial charge is 0.379 e. The molecule has 2 aromatic rings. The lowest BCUT2D eigenvalue weighted by molar-refractivity contribution is -0.384. The van der Waals surface area contributed by atoms with Crippen LogP contribution in [0.1, 0.15) is 29.8 Å². The Morgan fingerprint density at radius 3 is 2.45 bits per heavy atom. The number of hydrogen-bond acceptors (Lipinski definition) is 6. The first-order valence-electron chi connectivity index (χ1n) is 9.91. The van der Waals surface area contributed by atoms with Gasteiger partial charge in [0, 0.05) is 42.9 Å². The van der Waals surface area contributed by atoms with Gasteiger partial charge in [0.2, 0.25) is 0 Å². The van der Waals surface area contributed by atoms with E-state index in [0.717, 1.165) is 13.1 Å². The van der Waals surface area contributed by atoms with Crippen molar-refractivity contribution in [1.29, 1.82) is 0 Å². The predicted octanol–water partition coefficient (Wildman–Crippen LogP) is 3.59. The third kappa shape index (κ3) is 5.19. The Hall–Kier alpha value is -2.77. The number of ether oxygens (including phenoxy) is 1. The minimum Gasteiger partial charge on any atom is -0.379 e. The number of nitro benzene ring substituents is 1. The number of hydrogen-bond donors (Lipinski definition) is 1. The lowest BCUT2D eigenvalue weighted by Gasteiger charge is -2.37. The van der Waals surface area contributed by atoms with Crippen molar-refractivity contribution >= 4 is 17.2 Å². The van der Waals surface area contributed by atoms with Crippen LogP contribution in [0, 0.1) is 16.0 Å². The van der Waals surface area contributed by atoms with Gasteiger partial charge in [-0.05, 0) is 18.1 Å². The Bertz CT molecular complexity index is 848. The number of anilines is 1. The lowest BCUT2D eigenvalue weighted by atomic mass is 10.0. The fraction of sp³-hybridized carbons (Fsp3) is 0.409. The molecule has 0 saturated carbocycles. The van der Waals surface area contributed by atoms with Crippen LogP contribution in [0.5, 0.6) is 0 Å². The van der Waals surface area contributed by atoms with E-state index in [-0.39, 0.29) is 17.5 Å². The van der Waals surface area contributed by atoms with Gasteiger partial charge in [-0.3, -0.25) is 19.8 Å². The summed E-state index contributed by atoms with van der Waals surface area (Å²) >= 11 is 0. The fourth-order valence-electron chi connectivity index (χ4n) is 3.64. The van der Waals surface area contributed by atoms with Crippen LogP contribution >= 0.6 is 0 Å². The molecule has 7 heteroatoms. The molecule has 1 unspecified atom stereocenters. The molecular weight excluding hydrogens is 370 g/mol. The molecule has 0 spiro atoms. The van der Waals surface area contributed by atoms with Crippen molar-refractivity contribution in [2.45, 2.75) is 19.9 Å². The average molecular weight is 397 g/mol. The second-order valence-corrected chi connectivity index (χ2v) is 7.52. The van der Waals surface area contributed by atoms with Crippen molar-refractivity contribution in [2.24, 2.45) is 5.92 Å². The number of nitrogens with zero attached hydrogens (tertiary/aromatic N) is 2. The molecule has 1 N–H and O–H groups in total. The summed E-state index contributed by atoms with van der Waals surface area (Å²) in [6.45, 7) is 8.02. The Balaban J connectivity index is 1.78. The third-order valence-corrected chi connectivity index (χ3v) is 5.28. The molecule has 7 nitrogen and oxygen atoms in total. The molecule has 0 bridgehead atoms. The number of nitro groups is 1. The van der Waals surface area contributed by atoms with Crippen LogP contribution in [0.4, 0.5) is 11.4 Å². The SMILES string of the molecule is CC(C)C(CNc1ccc(C(=O)c2ccccc2)cc1[N+](=O)[O-])N1CCOCC1. The summed E-state index contributed by atoms with van der Waals surface area (Å²) in [6, 6.07) is 13.7. The highest BCUT2D eigenvalue weighted by atomic mass is 16.6. The average Bonchev–Trinajstić information content (AvgIpc) is 2.74. The third-order valence-electron chi connectivity index (χ3n) is 5.28. The number of benzene rings is 2. The number of nitrogens with one attached hydrogen (secondary N) is 1. The molecule has 0 aromatic heterocycles. The van der Waals surface area contributed by atoms with Crippen molar-refractivity contribution < 1.29 is 14.5 Å². The van der Waals surface area contributed by atoms with E-state index < -0.39 is 4.92 Å². The van der Waals surface area contributed by atoms with Crippen LogP contribution in [0.15, 0.2) is 48.5 Å². The summed E-state index contributed by atoms with van der Waals surface area (Å²) in [4.78, 5) is 26.2. The summed E-state index contributed by atoms with van der Waals surface area (Å²) in [5.41, 5.74) is 1.16. The molecule has 1 aliphatic heterocycles. The molecule has 0 amide bonds. The monoisotopic (exact) mass is 397 g/mol. The lowest BCUT2D eigenvalue weighted by Crippen LogP contribution is -2.49. The Morgan fingerprint density at radius 2 is 1.83 bits per heavy atom. The number of ketones is 1. The predicted molar refractivity (Wildman–Crippen MR) is 112 cm³/mol. The Labute approximate surface area is 170 Å². The van der Waals surface area contributed by atoms with E-state index in [1.165, 1.54) is 6.07 Å². The maximum absolute atomic E-state index is 12.6. The maximum atomic E-state index is 12.6. The zero-order valence-electron chi connectivity index (χ0n) is 16.8. The van der Waals surface area contributed by atoms with Crippen molar-refractivity contribution in [3.8, 4) is 0 Å². The van der Waals surface area contributed by atoms with Gasteiger partial charge in [0.1, 0.15) is 5.69 Å². The van der Waals surface area contributed by atoms with Crippen LogP contribution in [-0.2, 0) is 4.74 Å². The van der Waals surface area contributed by atoms with Gasteiger partial charge in [-0.15, -0.1) is 0 Å². The first-order valence-corrected chi connectivity index (χ1v) is 9.91. The zero-order valence-corrected chi connectivity index (χ0v) is 16.8. The van der Waals surface area contributed by atoms with Gasteiger partial charge in [-0.1, -0.05) is 44.2 Å². The molecule has 1 atom stereocenters. The summed E-state index contributed by atoms with van der Waals surface area (Å²) in [5.74, 6) is 0.159. The van der Waals surface area contributed by atoms with Crippen molar-refractivity contribution in [3.05, 3.63) is 69.8 Å². The number of morpholine rings is 1. The molecule has 1 heterocycles. The topological polar surface area (TPSA) is 84.7 Å². The zero-order chi connectivity index (χ0) is 20.8. The molecule has 1 saturated heterocycles. The van der Waals surface area contributed by atoms with Crippen LogP contribution < -0.4 is 5.32 Å². The summed E-state index contributed by atoms with van der Waals surface area (Å²) in [6.07, 6.45) is 0. The standard InChI is InChI=1S/C22H27N3O4/c1-16(2)21(24-10-12-29-13-11-24)15-23-19-9-8-18(14-20(19)25(27)28)22(26)17-6-4-3-5-7-17/h3-9,14,16,21,23H,10-13,15H2,1-2H3. The van der Waals surface area contributed by atoms with Gasteiger partial charge in [-0.2, -0.15) is 0 Å². The Kier molecular flexibility index (Phi) is 6.95. The van der Waals surface area contributed by atoms with Gasteiger partial charge in [0.15, 0.2) is 5.78 Å². The molecule has 154 valence electrons. The van der Waals surface area contributed by atoms with Gasteiger partial charge < -0.3 is 10.1 Å². The van der Waals surface area contributed by atoms with E-state index in [9.17, 15) is 14.9 Å². The second kappa shape index (κ2) is 9.62. The van der Waals surface area contributed by atoms with E-state index in [0.29, 0.717) is 42.5 Å². The maximum Gasteiger partial charge on any atom is 0.293 e. The molecular formula is C22H27N3O4. The van der Waals surface area contributed by atoms with Crippen LogP contribution in [-0.4, -0.2) is 54.5 Å². The summed E-state index contributed by atoms with van der Waals surface area (Å²) < 4.78 is 5.43. The first kappa shape index (κ1) is 21.0. The number of carbonyl (C=O) groups is 1. The molecule has 1 fully saturated rings. The fourth-order valence-corrected chi connectivity index (χ4v) is 3.64.